The lowest BCUT2D eigenvalue weighted by Gasteiger charge is -2.30. The van der Waals surface area contributed by atoms with Crippen LogP contribution in [0.25, 0.3) is 10.9 Å². The minimum Gasteiger partial charge on any atom is -0.489 e. The number of carbonyl (C=O) groups excluding carboxylic acids is 1. The van der Waals surface area contributed by atoms with Crippen LogP contribution in [-0.2, 0) is 19.4 Å². The van der Waals surface area contributed by atoms with Crippen LogP contribution in [-0.4, -0.2) is 53.9 Å². The van der Waals surface area contributed by atoms with Crippen LogP contribution in [0.4, 0.5) is 0 Å². The van der Waals surface area contributed by atoms with Gasteiger partial charge in [-0.25, -0.2) is 0 Å². The highest BCUT2D eigenvalue weighted by molar-refractivity contribution is 5.97. The summed E-state index contributed by atoms with van der Waals surface area (Å²) in [5, 5.41) is 1.22. The fourth-order valence-electron chi connectivity index (χ4n) is 5.28. The molecule has 0 radical (unpaired) electrons. The highest BCUT2D eigenvalue weighted by Crippen LogP contribution is 2.26. The van der Waals surface area contributed by atoms with Crippen molar-refractivity contribution in [3.63, 3.8) is 0 Å². The number of aromatic amines is 1. The molecule has 5 heteroatoms. The van der Waals surface area contributed by atoms with Crippen LogP contribution in [0.1, 0.15) is 44.6 Å². The zero-order chi connectivity index (χ0) is 25.8. The van der Waals surface area contributed by atoms with E-state index in [-0.39, 0.29) is 5.91 Å². The van der Waals surface area contributed by atoms with Gasteiger partial charge in [-0.15, -0.1) is 0 Å². The van der Waals surface area contributed by atoms with Gasteiger partial charge in [-0.05, 0) is 98.8 Å². The maximum atomic E-state index is 13.0. The number of ether oxygens (including phenoxy) is 1. The van der Waals surface area contributed by atoms with Crippen molar-refractivity contribution in [1.82, 2.24) is 14.8 Å². The van der Waals surface area contributed by atoms with E-state index in [9.17, 15) is 4.79 Å². The Kier molecular flexibility index (Phi) is 7.61. The Labute approximate surface area is 220 Å². The summed E-state index contributed by atoms with van der Waals surface area (Å²) < 4.78 is 6.05. The molecule has 1 aromatic heterocycles. The van der Waals surface area contributed by atoms with Gasteiger partial charge in [-0.3, -0.25) is 4.79 Å². The molecule has 0 atom stereocenters. The number of aryl methyl sites for hydroxylation is 1. The number of hydrogen-bond donors (Lipinski definition) is 1. The van der Waals surface area contributed by atoms with E-state index in [1.54, 1.807) is 0 Å². The molecule has 37 heavy (non-hydrogen) atoms. The zero-order valence-corrected chi connectivity index (χ0v) is 22.2. The van der Waals surface area contributed by atoms with Crippen LogP contribution in [0.5, 0.6) is 5.75 Å². The first-order valence-corrected chi connectivity index (χ1v) is 13.3. The van der Waals surface area contributed by atoms with E-state index in [4.69, 9.17) is 4.74 Å². The average Bonchev–Trinajstić information content (AvgIpc) is 3.32. The summed E-state index contributed by atoms with van der Waals surface area (Å²) in [6.07, 6.45) is 5.02. The quantitative estimate of drug-likeness (QED) is 0.297. The number of aromatic nitrogens is 1. The van der Waals surface area contributed by atoms with Crippen molar-refractivity contribution in [2.45, 2.75) is 39.7 Å². The normalized spacial score (nSPS) is 13.4. The van der Waals surface area contributed by atoms with Gasteiger partial charge in [-0.1, -0.05) is 36.4 Å². The molecular formula is C32H37N3O2. The number of carbonyl (C=O) groups is 1. The smallest absolute Gasteiger partial charge is 0.254 e. The highest BCUT2D eigenvalue weighted by Gasteiger charge is 2.25. The van der Waals surface area contributed by atoms with Crippen LogP contribution in [0.2, 0.25) is 0 Å². The fourth-order valence-corrected chi connectivity index (χ4v) is 5.28. The Bertz CT molecular complexity index is 1380. The minimum absolute atomic E-state index is 0.191. The Morgan fingerprint density at radius 3 is 2.70 bits per heavy atom. The SMILES string of the molecule is Cc1ccc2c(c1C)CCN(CCCN(C)CCc1c[nH]c3ccc(OCc4ccccc4)cc13)C2=O. The van der Waals surface area contributed by atoms with E-state index >= 15 is 0 Å². The van der Waals surface area contributed by atoms with Gasteiger partial charge < -0.3 is 19.5 Å². The molecule has 0 unspecified atom stereocenters. The highest BCUT2D eigenvalue weighted by atomic mass is 16.5. The summed E-state index contributed by atoms with van der Waals surface area (Å²) in [5.41, 5.74) is 8.30. The lowest BCUT2D eigenvalue weighted by atomic mass is 9.91. The average molecular weight is 496 g/mol. The van der Waals surface area contributed by atoms with Crippen LogP contribution >= 0.6 is 0 Å². The molecule has 192 valence electrons. The van der Waals surface area contributed by atoms with Gasteiger partial charge in [0.15, 0.2) is 0 Å². The van der Waals surface area contributed by atoms with E-state index in [0.29, 0.717) is 6.61 Å². The Morgan fingerprint density at radius 1 is 1.03 bits per heavy atom. The predicted molar refractivity (Wildman–Crippen MR) is 150 cm³/mol. The number of rotatable bonds is 10. The number of H-pyrrole nitrogens is 1. The van der Waals surface area contributed by atoms with Crippen LogP contribution in [0.3, 0.4) is 0 Å². The molecule has 1 N–H and O–H groups in total. The van der Waals surface area contributed by atoms with Crippen molar-refractivity contribution in [3.05, 3.63) is 100 Å². The first-order chi connectivity index (χ1) is 18.0. The van der Waals surface area contributed by atoms with E-state index in [1.165, 1.54) is 33.2 Å². The topological polar surface area (TPSA) is 48.6 Å². The molecule has 2 heterocycles. The summed E-state index contributed by atoms with van der Waals surface area (Å²) in [6, 6.07) is 20.6. The third kappa shape index (κ3) is 5.72. The summed E-state index contributed by atoms with van der Waals surface area (Å²) in [7, 11) is 2.17. The molecule has 1 aliphatic heterocycles. The molecule has 0 aliphatic carbocycles. The molecule has 0 saturated heterocycles. The van der Waals surface area contributed by atoms with E-state index in [0.717, 1.165) is 62.3 Å². The molecule has 1 amide bonds. The third-order valence-electron chi connectivity index (χ3n) is 7.74. The summed E-state index contributed by atoms with van der Waals surface area (Å²) in [5.74, 6) is 1.08. The molecule has 0 spiro atoms. The lowest BCUT2D eigenvalue weighted by Crippen LogP contribution is -2.39. The van der Waals surface area contributed by atoms with Gasteiger partial charge in [0.1, 0.15) is 12.4 Å². The van der Waals surface area contributed by atoms with Gasteiger partial charge in [0.05, 0.1) is 0 Å². The van der Waals surface area contributed by atoms with Crippen molar-refractivity contribution in [1.29, 1.82) is 0 Å². The molecule has 0 saturated carbocycles. The molecule has 1 aliphatic rings. The zero-order valence-electron chi connectivity index (χ0n) is 22.2. The number of hydrogen-bond acceptors (Lipinski definition) is 3. The van der Waals surface area contributed by atoms with Crippen molar-refractivity contribution < 1.29 is 9.53 Å². The number of fused-ring (bicyclic) bond motifs is 2. The second-order valence-corrected chi connectivity index (χ2v) is 10.3. The monoisotopic (exact) mass is 495 g/mol. The van der Waals surface area contributed by atoms with Crippen LogP contribution in [0, 0.1) is 13.8 Å². The van der Waals surface area contributed by atoms with Crippen molar-refractivity contribution >= 4 is 16.8 Å². The molecule has 0 bridgehead atoms. The predicted octanol–water partition coefficient (Wildman–Crippen LogP) is 5.93. The maximum absolute atomic E-state index is 13.0. The number of likely N-dealkylation sites (N-methyl/N-ethyl adjacent to an activating group) is 1. The largest absolute Gasteiger partial charge is 0.489 e. The van der Waals surface area contributed by atoms with Crippen LogP contribution in [0.15, 0.2) is 66.9 Å². The lowest BCUT2D eigenvalue weighted by molar-refractivity contribution is 0.0733. The molecule has 3 aromatic carbocycles. The summed E-state index contributed by atoms with van der Waals surface area (Å²) >= 11 is 0. The minimum atomic E-state index is 0.191. The van der Waals surface area contributed by atoms with E-state index in [2.05, 4.69) is 67.3 Å². The van der Waals surface area contributed by atoms with Crippen molar-refractivity contribution in [3.8, 4) is 5.75 Å². The number of nitrogens with one attached hydrogen (secondary N) is 1. The van der Waals surface area contributed by atoms with Gasteiger partial charge >= 0.3 is 0 Å². The van der Waals surface area contributed by atoms with E-state index in [1.807, 2.05) is 35.2 Å². The van der Waals surface area contributed by atoms with Gasteiger partial charge in [-0.2, -0.15) is 0 Å². The Morgan fingerprint density at radius 2 is 1.86 bits per heavy atom. The third-order valence-corrected chi connectivity index (χ3v) is 7.74. The number of amides is 1. The Hall–Kier alpha value is -3.57. The second kappa shape index (κ2) is 11.2. The molecular weight excluding hydrogens is 458 g/mol. The molecule has 5 rings (SSSR count). The number of nitrogens with zero attached hydrogens (tertiary/aromatic N) is 2. The molecule has 4 aromatic rings. The first-order valence-electron chi connectivity index (χ1n) is 13.3. The molecule has 5 nitrogen and oxygen atoms in total. The van der Waals surface area contributed by atoms with Crippen molar-refractivity contribution in [2.24, 2.45) is 0 Å². The van der Waals surface area contributed by atoms with Gasteiger partial charge in [0.2, 0.25) is 0 Å². The standard InChI is InChI=1S/C32H37N3O2/c1-23-10-12-29-28(24(23)2)15-19-35(32(29)36)17-7-16-34(3)18-14-26-21-33-31-13-11-27(20-30(26)31)37-22-25-8-5-4-6-9-25/h4-6,8-13,20-21,33H,7,14-19,22H2,1-3H3. The number of benzene rings is 3. The molecule has 0 fully saturated rings. The van der Waals surface area contributed by atoms with Crippen LogP contribution < -0.4 is 4.74 Å². The van der Waals surface area contributed by atoms with E-state index < -0.39 is 0 Å². The summed E-state index contributed by atoms with van der Waals surface area (Å²) in [6.45, 7) is 8.40. The Balaban J connectivity index is 1.11. The second-order valence-electron chi connectivity index (χ2n) is 10.3. The van der Waals surface area contributed by atoms with Crippen molar-refractivity contribution in [2.75, 3.05) is 33.2 Å². The van der Waals surface area contributed by atoms with Gasteiger partial charge in [0, 0.05) is 42.3 Å². The van der Waals surface area contributed by atoms with Gasteiger partial charge in [0.25, 0.3) is 5.91 Å². The summed E-state index contributed by atoms with van der Waals surface area (Å²) in [4.78, 5) is 20.8. The maximum Gasteiger partial charge on any atom is 0.254 e. The fraction of sp³-hybridized carbons (Fsp3) is 0.344. The first kappa shape index (κ1) is 25.1.